The number of aromatic nitrogens is 3. The first-order valence-electron chi connectivity index (χ1n) is 11.6. The van der Waals surface area contributed by atoms with Crippen molar-refractivity contribution in [3.8, 4) is 11.3 Å². The molecule has 34 heavy (non-hydrogen) atoms. The zero-order chi connectivity index (χ0) is 24.5. The molecule has 7 nitrogen and oxygen atoms in total. The highest BCUT2D eigenvalue weighted by Crippen LogP contribution is 2.33. The summed E-state index contributed by atoms with van der Waals surface area (Å²) in [7, 11) is 0. The van der Waals surface area contributed by atoms with Crippen LogP contribution >= 0.6 is 27.5 Å². The van der Waals surface area contributed by atoms with E-state index in [0.29, 0.717) is 23.8 Å². The monoisotopic (exact) mass is 547 g/mol. The number of carbonyl (C=O) groups is 1. The molecule has 1 aliphatic heterocycles. The molecule has 3 heterocycles. The maximum atomic E-state index is 12.9. The van der Waals surface area contributed by atoms with Crippen molar-refractivity contribution in [2.45, 2.75) is 64.5 Å². The van der Waals surface area contributed by atoms with Crippen molar-refractivity contribution in [1.82, 2.24) is 19.5 Å². The van der Waals surface area contributed by atoms with Crippen molar-refractivity contribution in [3.05, 3.63) is 46.0 Å². The number of halogens is 2. The van der Waals surface area contributed by atoms with Gasteiger partial charge in [-0.2, -0.15) is 9.61 Å². The van der Waals surface area contributed by atoms with Gasteiger partial charge in [-0.05, 0) is 75.4 Å². The van der Waals surface area contributed by atoms with Gasteiger partial charge in [-0.1, -0.05) is 29.8 Å². The summed E-state index contributed by atoms with van der Waals surface area (Å²) in [6.45, 7) is 9.24. The van der Waals surface area contributed by atoms with Crippen molar-refractivity contribution < 1.29 is 9.53 Å². The SMILES string of the molecule is CC(C)(C)OC(=O)N1CCCCC1(C)CCNc1cc(-c2ccccc2Cl)nc2c(Br)cnn12. The molecule has 1 N–H and O–H groups in total. The summed E-state index contributed by atoms with van der Waals surface area (Å²) >= 11 is 10.00. The van der Waals surface area contributed by atoms with Gasteiger partial charge in [0.15, 0.2) is 5.65 Å². The molecule has 1 unspecified atom stereocenters. The summed E-state index contributed by atoms with van der Waals surface area (Å²) in [5, 5.41) is 8.64. The molecule has 1 amide bonds. The number of benzene rings is 1. The average Bonchev–Trinajstić information content (AvgIpc) is 3.14. The molecular weight excluding hydrogens is 518 g/mol. The number of hydrogen-bond donors (Lipinski definition) is 1. The second kappa shape index (κ2) is 9.74. The first-order chi connectivity index (χ1) is 16.1. The highest BCUT2D eigenvalue weighted by Gasteiger charge is 2.39. The molecule has 1 saturated heterocycles. The predicted molar refractivity (Wildman–Crippen MR) is 139 cm³/mol. The third-order valence-corrected chi connectivity index (χ3v) is 7.05. The van der Waals surface area contributed by atoms with Gasteiger partial charge < -0.3 is 15.0 Å². The van der Waals surface area contributed by atoms with E-state index in [2.05, 4.69) is 33.3 Å². The number of likely N-dealkylation sites (tertiary alicyclic amines) is 1. The number of piperidine rings is 1. The molecular formula is C25H31BrClN5O2. The van der Waals surface area contributed by atoms with Crippen LogP contribution in [0.25, 0.3) is 16.9 Å². The Labute approximate surface area is 214 Å². The van der Waals surface area contributed by atoms with E-state index in [0.717, 1.165) is 47.2 Å². The Bertz CT molecular complexity index is 1190. The zero-order valence-corrected chi connectivity index (χ0v) is 22.4. The van der Waals surface area contributed by atoms with Gasteiger partial charge in [0.25, 0.3) is 0 Å². The molecule has 0 radical (unpaired) electrons. The summed E-state index contributed by atoms with van der Waals surface area (Å²) in [4.78, 5) is 19.6. The van der Waals surface area contributed by atoms with Crippen molar-refractivity contribution >= 4 is 45.1 Å². The molecule has 3 aromatic rings. The fraction of sp³-hybridized carbons (Fsp3) is 0.480. The number of amides is 1. The van der Waals surface area contributed by atoms with Crippen LogP contribution in [-0.2, 0) is 4.74 Å². The van der Waals surface area contributed by atoms with Gasteiger partial charge >= 0.3 is 6.09 Å². The Balaban J connectivity index is 1.56. The fourth-order valence-corrected chi connectivity index (χ4v) is 4.98. The van der Waals surface area contributed by atoms with Gasteiger partial charge in [0.2, 0.25) is 0 Å². The van der Waals surface area contributed by atoms with Crippen molar-refractivity contribution in [1.29, 1.82) is 0 Å². The van der Waals surface area contributed by atoms with Crippen molar-refractivity contribution in [2.75, 3.05) is 18.4 Å². The molecule has 0 aliphatic carbocycles. The molecule has 0 spiro atoms. The van der Waals surface area contributed by atoms with E-state index >= 15 is 0 Å². The van der Waals surface area contributed by atoms with Crippen LogP contribution in [0.4, 0.5) is 10.6 Å². The standard InChI is InChI=1S/C25H31BrClN5O2/c1-24(2,3)34-23(33)31-14-8-7-11-25(31,4)12-13-28-21-15-20(17-9-5-6-10-19(17)27)30-22-18(26)16-29-32(21)22/h5-6,9-10,15-16,28H,7-8,11-14H2,1-4H3. The number of ether oxygens (including phenoxy) is 1. The lowest BCUT2D eigenvalue weighted by atomic mass is 9.85. The third kappa shape index (κ3) is 5.33. The first-order valence-corrected chi connectivity index (χ1v) is 12.8. The Morgan fingerprint density at radius 1 is 1.29 bits per heavy atom. The van der Waals surface area contributed by atoms with Crippen LogP contribution in [0.1, 0.15) is 53.4 Å². The Morgan fingerprint density at radius 2 is 2.06 bits per heavy atom. The van der Waals surface area contributed by atoms with Crippen LogP contribution in [0.15, 0.2) is 41.0 Å². The number of anilines is 1. The molecule has 4 rings (SSSR count). The fourth-order valence-electron chi connectivity index (χ4n) is 4.40. The number of fused-ring (bicyclic) bond motifs is 1. The Kier molecular flexibility index (Phi) is 7.10. The minimum Gasteiger partial charge on any atom is -0.444 e. The lowest BCUT2D eigenvalue weighted by molar-refractivity contribution is -0.0123. The van der Waals surface area contributed by atoms with E-state index in [1.165, 1.54) is 0 Å². The van der Waals surface area contributed by atoms with Crippen LogP contribution in [0, 0.1) is 0 Å². The summed E-state index contributed by atoms with van der Waals surface area (Å²) < 4.78 is 8.28. The van der Waals surface area contributed by atoms with E-state index in [-0.39, 0.29) is 11.6 Å². The van der Waals surface area contributed by atoms with E-state index in [4.69, 9.17) is 21.3 Å². The normalized spacial score (nSPS) is 18.8. The van der Waals surface area contributed by atoms with Crippen LogP contribution in [-0.4, -0.2) is 49.8 Å². The third-order valence-electron chi connectivity index (χ3n) is 6.16. The van der Waals surface area contributed by atoms with Crippen LogP contribution in [0.2, 0.25) is 5.02 Å². The molecule has 9 heteroatoms. The Morgan fingerprint density at radius 3 is 2.79 bits per heavy atom. The molecule has 2 aromatic heterocycles. The lowest BCUT2D eigenvalue weighted by Gasteiger charge is -2.45. The predicted octanol–water partition coefficient (Wildman–Crippen LogP) is 6.79. The molecule has 1 fully saturated rings. The summed E-state index contributed by atoms with van der Waals surface area (Å²) in [6, 6.07) is 9.62. The number of nitrogens with zero attached hydrogens (tertiary/aromatic N) is 4. The van der Waals surface area contributed by atoms with E-state index < -0.39 is 5.60 Å². The second-order valence-corrected chi connectivity index (χ2v) is 11.3. The highest BCUT2D eigenvalue weighted by molar-refractivity contribution is 9.10. The van der Waals surface area contributed by atoms with Crippen LogP contribution < -0.4 is 5.32 Å². The zero-order valence-electron chi connectivity index (χ0n) is 20.1. The van der Waals surface area contributed by atoms with Gasteiger partial charge in [0.1, 0.15) is 11.4 Å². The van der Waals surface area contributed by atoms with Gasteiger partial charge in [-0.25, -0.2) is 9.78 Å². The first kappa shape index (κ1) is 24.8. The minimum absolute atomic E-state index is 0.238. The Hall–Kier alpha value is -2.32. The van der Waals surface area contributed by atoms with Gasteiger partial charge in [-0.15, -0.1) is 0 Å². The lowest BCUT2D eigenvalue weighted by Crippen LogP contribution is -2.54. The summed E-state index contributed by atoms with van der Waals surface area (Å²) in [5.41, 5.74) is 1.54. The number of nitrogens with one attached hydrogen (secondary N) is 1. The molecule has 1 aromatic carbocycles. The highest BCUT2D eigenvalue weighted by atomic mass is 79.9. The largest absolute Gasteiger partial charge is 0.444 e. The molecule has 0 saturated carbocycles. The molecule has 1 atom stereocenters. The minimum atomic E-state index is -0.515. The van der Waals surface area contributed by atoms with E-state index in [1.54, 1.807) is 10.7 Å². The average molecular weight is 549 g/mol. The quantitative estimate of drug-likeness (QED) is 0.380. The molecule has 1 aliphatic rings. The second-order valence-electron chi connectivity index (χ2n) is 10.00. The molecule has 182 valence electrons. The molecule has 0 bridgehead atoms. The van der Waals surface area contributed by atoms with Crippen molar-refractivity contribution in [2.24, 2.45) is 0 Å². The number of rotatable bonds is 5. The van der Waals surface area contributed by atoms with E-state index in [9.17, 15) is 4.79 Å². The number of carbonyl (C=O) groups excluding carboxylic acids is 1. The maximum Gasteiger partial charge on any atom is 0.410 e. The van der Waals surface area contributed by atoms with Crippen molar-refractivity contribution in [3.63, 3.8) is 0 Å². The van der Waals surface area contributed by atoms with E-state index in [1.807, 2.05) is 56.0 Å². The number of hydrogen-bond acceptors (Lipinski definition) is 5. The van der Waals surface area contributed by atoms with Crippen LogP contribution in [0.5, 0.6) is 0 Å². The van der Waals surface area contributed by atoms with Crippen LogP contribution in [0.3, 0.4) is 0 Å². The summed E-state index contributed by atoms with van der Waals surface area (Å²) in [5.74, 6) is 0.814. The van der Waals surface area contributed by atoms with Gasteiger partial charge in [0, 0.05) is 35.3 Å². The summed E-state index contributed by atoms with van der Waals surface area (Å²) in [6.07, 6.45) is 5.31. The van der Waals surface area contributed by atoms with Gasteiger partial charge in [-0.3, -0.25) is 0 Å². The maximum absolute atomic E-state index is 12.9. The van der Waals surface area contributed by atoms with Gasteiger partial charge in [0.05, 0.1) is 16.4 Å². The smallest absolute Gasteiger partial charge is 0.410 e. The topological polar surface area (TPSA) is 71.8 Å².